The van der Waals surface area contributed by atoms with E-state index in [1.165, 1.54) is 0 Å². The largest absolute Gasteiger partial charge is 0.493 e. The van der Waals surface area contributed by atoms with Gasteiger partial charge in [-0.15, -0.1) is 5.10 Å². The van der Waals surface area contributed by atoms with E-state index in [-0.39, 0.29) is 5.88 Å². The Morgan fingerprint density at radius 1 is 1.17 bits per heavy atom. The van der Waals surface area contributed by atoms with Gasteiger partial charge < -0.3 is 15.2 Å². The third-order valence-corrected chi connectivity index (χ3v) is 4.99. The first-order valence-corrected chi connectivity index (χ1v) is 9.67. The number of unbranched alkanes of at least 4 members (excludes halogenated alkanes) is 1. The first-order valence-electron chi connectivity index (χ1n) is 9.67. The lowest BCUT2D eigenvalue weighted by molar-refractivity contribution is 0.305. The van der Waals surface area contributed by atoms with Crippen LogP contribution >= 0.6 is 0 Å². The minimum absolute atomic E-state index is 0.0690. The Morgan fingerprint density at radius 3 is 2.69 bits per heavy atom. The third kappa shape index (κ3) is 3.43. The lowest BCUT2D eigenvalue weighted by Crippen LogP contribution is -2.21. The summed E-state index contributed by atoms with van der Waals surface area (Å²) in [4.78, 5) is 0. The zero-order valence-electron chi connectivity index (χ0n) is 16.2. The predicted octanol–water partition coefficient (Wildman–Crippen LogP) is 4.47. The molecule has 6 nitrogen and oxygen atoms in total. The number of aromatic nitrogens is 2. The molecule has 4 rings (SSSR count). The number of nitriles is 1. The maximum absolute atomic E-state index is 9.88. The van der Waals surface area contributed by atoms with E-state index in [1.54, 1.807) is 0 Å². The number of para-hydroxylation sites is 1. The van der Waals surface area contributed by atoms with Crippen LogP contribution in [-0.4, -0.2) is 16.8 Å². The van der Waals surface area contributed by atoms with Crippen LogP contribution in [0, 0.1) is 11.3 Å². The molecule has 1 aliphatic rings. The molecule has 1 atom stereocenters. The van der Waals surface area contributed by atoms with Crippen molar-refractivity contribution in [3.8, 4) is 29.0 Å². The van der Waals surface area contributed by atoms with Gasteiger partial charge in [-0.1, -0.05) is 61.9 Å². The van der Waals surface area contributed by atoms with Crippen molar-refractivity contribution in [1.29, 1.82) is 5.26 Å². The Balaban J connectivity index is 1.88. The molecule has 146 valence electrons. The molecule has 6 heteroatoms. The highest BCUT2D eigenvalue weighted by atomic mass is 16.5. The molecule has 0 aliphatic carbocycles. The molecule has 3 N–H and O–H groups in total. The van der Waals surface area contributed by atoms with Gasteiger partial charge >= 0.3 is 0 Å². The van der Waals surface area contributed by atoms with Crippen molar-refractivity contribution in [1.82, 2.24) is 10.2 Å². The van der Waals surface area contributed by atoms with E-state index in [4.69, 9.17) is 15.2 Å². The molecule has 2 heterocycles. The topological polar surface area (TPSA) is 96.9 Å². The summed E-state index contributed by atoms with van der Waals surface area (Å²) >= 11 is 0. The molecule has 1 aromatic heterocycles. The number of H-pyrrole nitrogens is 1. The highest BCUT2D eigenvalue weighted by Gasteiger charge is 2.37. The van der Waals surface area contributed by atoms with Crippen molar-refractivity contribution < 1.29 is 9.47 Å². The smallest absolute Gasteiger partial charge is 0.244 e. The molecule has 0 spiro atoms. The molecule has 2 aromatic carbocycles. The quantitative estimate of drug-likeness (QED) is 0.609. The van der Waals surface area contributed by atoms with E-state index in [0.717, 1.165) is 41.0 Å². The SMILES string of the molecule is CCCCOc1ccccc1[C@H]1C(C#N)=C(N)Oc2n[nH]c(-c3ccccc3)c21. The summed E-state index contributed by atoms with van der Waals surface area (Å²) in [5.74, 6) is 0.753. The van der Waals surface area contributed by atoms with E-state index >= 15 is 0 Å². The number of ether oxygens (including phenoxy) is 2. The average Bonchev–Trinajstić information content (AvgIpc) is 3.17. The predicted molar refractivity (Wildman–Crippen MR) is 110 cm³/mol. The van der Waals surface area contributed by atoms with Crippen LogP contribution in [0.2, 0.25) is 0 Å². The number of rotatable bonds is 6. The molecule has 1 aliphatic heterocycles. The van der Waals surface area contributed by atoms with Crippen LogP contribution < -0.4 is 15.2 Å². The number of allylic oxidation sites excluding steroid dienone is 1. The minimum atomic E-state index is -0.435. The van der Waals surface area contributed by atoms with Crippen LogP contribution in [0.1, 0.15) is 36.8 Å². The number of hydrogen-bond acceptors (Lipinski definition) is 5. The van der Waals surface area contributed by atoms with Gasteiger partial charge in [0.15, 0.2) is 0 Å². The monoisotopic (exact) mass is 386 g/mol. The Hall–Kier alpha value is -3.72. The fourth-order valence-corrected chi connectivity index (χ4v) is 3.56. The first kappa shape index (κ1) is 18.6. The van der Waals surface area contributed by atoms with Gasteiger partial charge in [-0.2, -0.15) is 5.26 Å². The number of hydrogen-bond donors (Lipinski definition) is 2. The maximum atomic E-state index is 9.88. The van der Waals surface area contributed by atoms with E-state index in [9.17, 15) is 5.26 Å². The van der Waals surface area contributed by atoms with Crippen LogP contribution in [0.3, 0.4) is 0 Å². The van der Waals surface area contributed by atoms with Crippen LogP contribution in [-0.2, 0) is 0 Å². The number of aromatic amines is 1. The van der Waals surface area contributed by atoms with E-state index in [1.807, 2.05) is 54.6 Å². The Labute approximate surface area is 169 Å². The minimum Gasteiger partial charge on any atom is -0.493 e. The van der Waals surface area contributed by atoms with Crippen LogP contribution in [0.25, 0.3) is 11.3 Å². The molecular formula is C23H22N4O2. The van der Waals surface area contributed by atoms with Crippen molar-refractivity contribution in [3.05, 3.63) is 77.2 Å². The van der Waals surface area contributed by atoms with Gasteiger partial charge in [0.25, 0.3) is 0 Å². The Bertz CT molecular complexity index is 1080. The van der Waals surface area contributed by atoms with E-state index in [2.05, 4.69) is 23.2 Å². The highest BCUT2D eigenvalue weighted by Crippen LogP contribution is 2.47. The summed E-state index contributed by atoms with van der Waals surface area (Å²) in [6, 6.07) is 19.8. The molecule has 0 bridgehead atoms. The fraction of sp³-hybridized carbons (Fsp3) is 0.217. The zero-order chi connectivity index (χ0) is 20.2. The molecule has 0 fully saturated rings. The standard InChI is InChI=1S/C23H22N4O2/c1-2-3-13-28-18-12-8-7-11-16(18)19-17(14-24)22(25)29-23-20(19)21(26-27-23)15-9-5-4-6-10-15/h4-12,19H,2-3,13,25H2,1H3,(H,26,27)/t19-/m0/s1. The molecule has 0 saturated carbocycles. The number of nitrogens with zero attached hydrogens (tertiary/aromatic N) is 2. The van der Waals surface area contributed by atoms with Crippen molar-refractivity contribution in [3.63, 3.8) is 0 Å². The fourth-order valence-electron chi connectivity index (χ4n) is 3.56. The second-order valence-electron chi connectivity index (χ2n) is 6.85. The second-order valence-corrected chi connectivity index (χ2v) is 6.85. The van der Waals surface area contributed by atoms with Gasteiger partial charge in [0.1, 0.15) is 17.4 Å². The molecule has 0 amide bonds. The normalized spacial score (nSPS) is 15.4. The van der Waals surface area contributed by atoms with E-state index < -0.39 is 5.92 Å². The lowest BCUT2D eigenvalue weighted by Gasteiger charge is -2.25. The van der Waals surface area contributed by atoms with Crippen LogP contribution in [0.5, 0.6) is 11.6 Å². The summed E-state index contributed by atoms with van der Waals surface area (Å²) in [7, 11) is 0. The maximum Gasteiger partial charge on any atom is 0.244 e. The van der Waals surface area contributed by atoms with Gasteiger partial charge in [-0.05, 0) is 18.1 Å². The third-order valence-electron chi connectivity index (χ3n) is 4.99. The van der Waals surface area contributed by atoms with Crippen LogP contribution in [0.4, 0.5) is 0 Å². The van der Waals surface area contributed by atoms with Crippen molar-refractivity contribution >= 4 is 0 Å². The molecule has 29 heavy (non-hydrogen) atoms. The van der Waals surface area contributed by atoms with E-state index in [0.29, 0.717) is 18.1 Å². The van der Waals surface area contributed by atoms with Crippen molar-refractivity contribution in [2.24, 2.45) is 5.73 Å². The number of nitrogens with one attached hydrogen (secondary N) is 1. The van der Waals surface area contributed by atoms with Crippen molar-refractivity contribution in [2.75, 3.05) is 6.61 Å². The Kier molecular flexibility index (Phi) is 5.21. The summed E-state index contributed by atoms with van der Waals surface area (Å²) in [6.07, 6.45) is 2.00. The zero-order valence-corrected chi connectivity index (χ0v) is 16.2. The number of nitrogens with two attached hydrogens (primary N) is 1. The summed E-state index contributed by atoms with van der Waals surface area (Å²) < 4.78 is 11.7. The van der Waals surface area contributed by atoms with Gasteiger partial charge in [0.2, 0.25) is 11.8 Å². The highest BCUT2D eigenvalue weighted by molar-refractivity contribution is 5.71. The summed E-state index contributed by atoms with van der Waals surface area (Å²) in [6.45, 7) is 2.73. The number of benzene rings is 2. The van der Waals surface area contributed by atoms with Gasteiger partial charge in [-0.25, -0.2) is 0 Å². The molecule has 0 radical (unpaired) electrons. The van der Waals surface area contributed by atoms with Gasteiger partial charge in [-0.3, -0.25) is 5.10 Å². The van der Waals surface area contributed by atoms with Crippen LogP contribution in [0.15, 0.2) is 66.1 Å². The molecule has 3 aromatic rings. The lowest BCUT2D eigenvalue weighted by atomic mass is 9.82. The molecule has 0 unspecified atom stereocenters. The average molecular weight is 386 g/mol. The van der Waals surface area contributed by atoms with Gasteiger partial charge in [0.05, 0.1) is 23.8 Å². The Morgan fingerprint density at radius 2 is 1.93 bits per heavy atom. The summed E-state index contributed by atoms with van der Waals surface area (Å²) in [5.41, 5.74) is 9.85. The number of fused-ring (bicyclic) bond motifs is 1. The van der Waals surface area contributed by atoms with Crippen molar-refractivity contribution in [2.45, 2.75) is 25.7 Å². The molecular weight excluding hydrogens is 364 g/mol. The molecule has 0 saturated heterocycles. The van der Waals surface area contributed by atoms with Gasteiger partial charge in [0, 0.05) is 5.56 Å². The summed E-state index contributed by atoms with van der Waals surface area (Å²) in [5, 5.41) is 17.3. The first-order chi connectivity index (χ1) is 14.2. The second kappa shape index (κ2) is 8.11.